The molecule has 0 N–H and O–H groups in total. The van der Waals surface area contributed by atoms with E-state index in [-0.39, 0.29) is 23.7 Å². The minimum Gasteiger partial charge on any atom is -0.494 e. The van der Waals surface area contributed by atoms with Gasteiger partial charge < -0.3 is 14.2 Å². The summed E-state index contributed by atoms with van der Waals surface area (Å²) in [6.07, 6.45) is 1.19. The monoisotopic (exact) mass is 453 g/mol. The Balaban J connectivity index is 2.25. The van der Waals surface area contributed by atoms with Gasteiger partial charge in [-0.2, -0.15) is 4.31 Å². The lowest BCUT2D eigenvalue weighted by molar-refractivity contribution is -0.132. The largest absolute Gasteiger partial charge is 0.494 e. The van der Waals surface area contributed by atoms with Crippen LogP contribution < -0.4 is 10.3 Å². The zero-order valence-corrected chi connectivity index (χ0v) is 19.0. The molecule has 1 aromatic heterocycles. The number of pyridine rings is 1. The summed E-state index contributed by atoms with van der Waals surface area (Å²) in [5.74, 6) is -0.817. The molecule has 170 valence electrons. The summed E-state index contributed by atoms with van der Waals surface area (Å²) in [5, 5.41) is 0. The van der Waals surface area contributed by atoms with E-state index in [0.717, 1.165) is 10.6 Å². The second-order valence-electron chi connectivity index (χ2n) is 6.80. The molecule has 1 heterocycles. The molecule has 0 radical (unpaired) electrons. The van der Waals surface area contributed by atoms with Crippen molar-refractivity contribution in [2.24, 2.45) is 0 Å². The van der Waals surface area contributed by atoms with E-state index in [2.05, 4.69) is 0 Å². The number of ether oxygens (including phenoxy) is 1. The zero-order chi connectivity index (χ0) is 23.2. The van der Waals surface area contributed by atoms with Crippen molar-refractivity contribution in [2.45, 2.75) is 38.8 Å². The van der Waals surface area contributed by atoms with E-state index in [0.29, 0.717) is 25.2 Å². The third-order valence-electron chi connectivity index (χ3n) is 4.93. The van der Waals surface area contributed by atoms with Crippen LogP contribution in [-0.2, 0) is 27.9 Å². The normalized spacial score (nSPS) is 11.5. The van der Waals surface area contributed by atoms with Crippen LogP contribution in [0, 0.1) is 5.82 Å². The predicted octanol–water partition coefficient (Wildman–Crippen LogP) is 2.08. The quantitative estimate of drug-likeness (QED) is 0.550. The molecule has 2 aromatic rings. The number of rotatable bonds is 10. The maximum atomic E-state index is 14.0. The van der Waals surface area contributed by atoms with Crippen LogP contribution >= 0.6 is 0 Å². The molecule has 0 saturated carbocycles. The molecule has 10 heteroatoms. The van der Waals surface area contributed by atoms with E-state index in [1.54, 1.807) is 26.8 Å². The van der Waals surface area contributed by atoms with E-state index in [1.807, 2.05) is 0 Å². The molecule has 0 unspecified atom stereocenters. The van der Waals surface area contributed by atoms with Gasteiger partial charge in [0.15, 0.2) is 11.6 Å². The SMILES string of the molecule is CCN(Cc1ccc(OC)c(F)c1)C(=O)Cn1cc(S(=O)(=O)N(CC)CC)ccc1=O. The molecule has 0 aliphatic rings. The summed E-state index contributed by atoms with van der Waals surface area (Å²) in [7, 11) is -2.40. The molecule has 0 fully saturated rings. The molecule has 0 aliphatic heterocycles. The van der Waals surface area contributed by atoms with Crippen LogP contribution in [0.15, 0.2) is 46.2 Å². The Kier molecular flexibility index (Phi) is 8.35. The number of carbonyl (C=O) groups excluding carboxylic acids is 1. The number of carbonyl (C=O) groups is 1. The molecule has 0 saturated heterocycles. The van der Waals surface area contributed by atoms with Gasteiger partial charge in [-0.1, -0.05) is 19.9 Å². The molecular weight excluding hydrogens is 425 g/mol. The van der Waals surface area contributed by atoms with Crippen molar-refractivity contribution in [3.05, 3.63) is 58.3 Å². The standard InChI is InChI=1S/C21H28FN3O5S/c1-5-23(13-16-8-10-19(30-4)18(22)12-16)21(27)15-24-14-17(9-11-20(24)26)31(28,29)25(6-2)7-3/h8-12,14H,5-7,13,15H2,1-4H3. The van der Waals surface area contributed by atoms with Crippen molar-refractivity contribution in [2.75, 3.05) is 26.7 Å². The summed E-state index contributed by atoms with van der Waals surface area (Å²) >= 11 is 0. The number of methoxy groups -OCH3 is 1. The molecule has 0 aliphatic carbocycles. The molecule has 1 amide bonds. The number of hydrogen-bond acceptors (Lipinski definition) is 5. The predicted molar refractivity (Wildman–Crippen MR) is 115 cm³/mol. The fraction of sp³-hybridized carbons (Fsp3) is 0.429. The number of amides is 1. The molecular formula is C21H28FN3O5S. The first-order valence-corrected chi connectivity index (χ1v) is 11.4. The topological polar surface area (TPSA) is 88.9 Å². The maximum Gasteiger partial charge on any atom is 0.251 e. The van der Waals surface area contributed by atoms with Gasteiger partial charge in [0.05, 0.1) is 12.0 Å². The first kappa shape index (κ1) is 24.5. The molecule has 0 bridgehead atoms. The number of benzene rings is 1. The summed E-state index contributed by atoms with van der Waals surface area (Å²) in [5.41, 5.74) is 0.0806. The van der Waals surface area contributed by atoms with E-state index < -0.39 is 27.3 Å². The number of aromatic nitrogens is 1. The minimum absolute atomic E-state index is 0.0520. The Morgan fingerprint density at radius 1 is 1.10 bits per heavy atom. The van der Waals surface area contributed by atoms with E-state index >= 15 is 0 Å². The number of hydrogen-bond donors (Lipinski definition) is 0. The van der Waals surface area contributed by atoms with Gasteiger partial charge in [-0.25, -0.2) is 12.8 Å². The summed E-state index contributed by atoms with van der Waals surface area (Å²) in [4.78, 5) is 26.5. The Hall–Kier alpha value is -2.72. The van der Waals surface area contributed by atoms with Crippen molar-refractivity contribution in [3.8, 4) is 5.75 Å². The highest BCUT2D eigenvalue weighted by Gasteiger charge is 2.23. The van der Waals surface area contributed by atoms with Crippen LogP contribution in [0.25, 0.3) is 0 Å². The first-order chi connectivity index (χ1) is 14.7. The Labute approximate surface area is 181 Å². The van der Waals surface area contributed by atoms with Gasteiger partial charge in [-0.3, -0.25) is 9.59 Å². The van der Waals surface area contributed by atoms with Crippen molar-refractivity contribution in [3.63, 3.8) is 0 Å². The Bertz CT molecular complexity index is 1080. The number of likely N-dealkylation sites (N-methyl/N-ethyl adjacent to an activating group) is 1. The summed E-state index contributed by atoms with van der Waals surface area (Å²) in [6, 6.07) is 6.81. The average Bonchev–Trinajstić information content (AvgIpc) is 2.74. The molecule has 31 heavy (non-hydrogen) atoms. The second kappa shape index (κ2) is 10.5. The third-order valence-corrected chi connectivity index (χ3v) is 6.96. The third kappa shape index (κ3) is 5.71. The summed E-state index contributed by atoms with van der Waals surface area (Å²) in [6.45, 7) is 5.94. The molecule has 0 spiro atoms. The Morgan fingerprint density at radius 3 is 2.32 bits per heavy atom. The number of nitrogens with zero attached hydrogens (tertiary/aromatic N) is 3. The lowest BCUT2D eigenvalue weighted by atomic mass is 10.2. The van der Waals surface area contributed by atoms with Gasteiger partial charge in [0.1, 0.15) is 6.54 Å². The lowest BCUT2D eigenvalue weighted by Crippen LogP contribution is -2.36. The van der Waals surface area contributed by atoms with Gasteiger partial charge in [0.25, 0.3) is 5.56 Å². The first-order valence-electron chi connectivity index (χ1n) is 9.98. The fourth-order valence-corrected chi connectivity index (χ4v) is 4.63. The minimum atomic E-state index is -3.77. The highest BCUT2D eigenvalue weighted by atomic mass is 32.2. The van der Waals surface area contributed by atoms with Crippen LogP contribution in [0.4, 0.5) is 4.39 Å². The number of halogens is 1. The molecule has 0 atom stereocenters. The van der Waals surface area contributed by atoms with Crippen molar-refractivity contribution in [1.82, 2.24) is 13.8 Å². The van der Waals surface area contributed by atoms with Gasteiger partial charge in [-0.15, -0.1) is 0 Å². The Morgan fingerprint density at radius 2 is 1.77 bits per heavy atom. The smallest absolute Gasteiger partial charge is 0.251 e. The highest BCUT2D eigenvalue weighted by molar-refractivity contribution is 7.89. The van der Waals surface area contributed by atoms with Crippen LogP contribution in [0.3, 0.4) is 0 Å². The molecule has 2 rings (SSSR count). The zero-order valence-electron chi connectivity index (χ0n) is 18.2. The fourth-order valence-electron chi connectivity index (χ4n) is 3.15. The van der Waals surface area contributed by atoms with Crippen molar-refractivity contribution < 1.29 is 22.3 Å². The maximum absolute atomic E-state index is 14.0. The van der Waals surface area contributed by atoms with Crippen LogP contribution in [0.1, 0.15) is 26.3 Å². The highest BCUT2D eigenvalue weighted by Crippen LogP contribution is 2.19. The van der Waals surface area contributed by atoms with Crippen LogP contribution in [-0.4, -0.2) is 54.8 Å². The van der Waals surface area contributed by atoms with Crippen molar-refractivity contribution in [1.29, 1.82) is 0 Å². The van der Waals surface area contributed by atoms with E-state index in [4.69, 9.17) is 4.74 Å². The molecule has 8 nitrogen and oxygen atoms in total. The van der Waals surface area contributed by atoms with Crippen LogP contribution in [0.2, 0.25) is 0 Å². The van der Waals surface area contributed by atoms with Crippen LogP contribution in [0.5, 0.6) is 5.75 Å². The van der Waals surface area contributed by atoms with E-state index in [1.165, 1.54) is 40.7 Å². The summed E-state index contributed by atoms with van der Waals surface area (Å²) < 4.78 is 46.7. The van der Waals surface area contributed by atoms with Gasteiger partial charge >= 0.3 is 0 Å². The van der Waals surface area contributed by atoms with Gasteiger partial charge in [0.2, 0.25) is 15.9 Å². The van der Waals surface area contributed by atoms with Crippen molar-refractivity contribution >= 4 is 15.9 Å². The van der Waals surface area contributed by atoms with Gasteiger partial charge in [0, 0.05) is 38.4 Å². The molecule has 1 aromatic carbocycles. The second-order valence-corrected chi connectivity index (χ2v) is 8.74. The number of sulfonamides is 1. The average molecular weight is 454 g/mol. The van der Waals surface area contributed by atoms with E-state index in [9.17, 15) is 22.4 Å². The van der Waals surface area contributed by atoms with Gasteiger partial charge in [-0.05, 0) is 30.7 Å². The lowest BCUT2D eigenvalue weighted by Gasteiger charge is -2.22.